The van der Waals surface area contributed by atoms with Crippen molar-refractivity contribution in [2.24, 2.45) is 0 Å². The standard InChI is InChI=1S/C36H20N4O3/c1-19-37-28-14-6-7-15-29(28)38(19)30-16-8-13-24-32-34(43-33(24)30)36(42)40-35(41)27-17-25-22-11-4-2-9-20(22)21-10-3-5-12-23(21)26(25)18-31(27)39(32)40/h2-18H,1H3. The van der Waals surface area contributed by atoms with Crippen molar-refractivity contribution in [1.82, 2.24) is 18.6 Å². The first-order valence-corrected chi connectivity index (χ1v) is 14.2. The van der Waals surface area contributed by atoms with Crippen LogP contribution in [0.25, 0.3) is 82.0 Å². The zero-order valence-corrected chi connectivity index (χ0v) is 22.8. The number of benzene rings is 6. The number of aromatic nitrogens is 4. The molecule has 7 nitrogen and oxygen atoms in total. The topological polar surface area (TPSA) is 73.9 Å². The highest BCUT2D eigenvalue weighted by atomic mass is 16.3. The first-order valence-electron chi connectivity index (χ1n) is 14.2. The van der Waals surface area contributed by atoms with Crippen LogP contribution in [0.3, 0.4) is 0 Å². The highest BCUT2D eigenvalue weighted by Gasteiger charge is 2.26. The van der Waals surface area contributed by atoms with Crippen molar-refractivity contribution in [2.75, 3.05) is 0 Å². The van der Waals surface area contributed by atoms with Gasteiger partial charge in [-0.1, -0.05) is 66.7 Å². The highest BCUT2D eigenvalue weighted by molar-refractivity contribution is 6.27. The Kier molecular flexibility index (Phi) is 4.04. The molecule has 0 bridgehead atoms. The van der Waals surface area contributed by atoms with Crippen LogP contribution in [0, 0.1) is 6.92 Å². The number of furan rings is 1. The molecule has 10 aromatic rings. The molecule has 0 unspecified atom stereocenters. The van der Waals surface area contributed by atoms with E-state index in [4.69, 9.17) is 9.40 Å². The van der Waals surface area contributed by atoms with Gasteiger partial charge in [0, 0.05) is 5.39 Å². The Morgan fingerprint density at radius 2 is 1.19 bits per heavy atom. The molecule has 43 heavy (non-hydrogen) atoms. The predicted molar refractivity (Wildman–Crippen MR) is 171 cm³/mol. The normalized spacial score (nSPS) is 12.5. The van der Waals surface area contributed by atoms with E-state index in [1.54, 1.807) is 4.52 Å². The summed E-state index contributed by atoms with van der Waals surface area (Å²) in [5, 5.41) is 7.70. The molecule has 0 aliphatic carbocycles. The summed E-state index contributed by atoms with van der Waals surface area (Å²) in [6.45, 7) is 1.96. The molecule has 4 aromatic heterocycles. The minimum Gasteiger partial charge on any atom is -0.446 e. The average Bonchev–Trinajstić information content (AvgIpc) is 3.75. The summed E-state index contributed by atoms with van der Waals surface area (Å²) in [5.74, 6) is 0.811. The molecule has 0 fully saturated rings. The van der Waals surface area contributed by atoms with Crippen LogP contribution in [-0.2, 0) is 0 Å². The number of hydrogen-bond acceptors (Lipinski definition) is 4. The molecule has 0 atom stereocenters. The van der Waals surface area contributed by atoms with Crippen molar-refractivity contribution < 1.29 is 4.42 Å². The van der Waals surface area contributed by atoms with Gasteiger partial charge >= 0.3 is 5.56 Å². The van der Waals surface area contributed by atoms with E-state index >= 15 is 0 Å². The quantitative estimate of drug-likeness (QED) is 0.198. The van der Waals surface area contributed by atoms with Crippen molar-refractivity contribution in [3.05, 3.63) is 130 Å². The number of imidazole rings is 1. The van der Waals surface area contributed by atoms with Crippen molar-refractivity contribution in [1.29, 1.82) is 0 Å². The maximum atomic E-state index is 13.9. The van der Waals surface area contributed by atoms with E-state index in [0.29, 0.717) is 22.0 Å². The number of aryl methyl sites for hydroxylation is 1. The Morgan fingerprint density at radius 3 is 1.93 bits per heavy atom. The van der Waals surface area contributed by atoms with Crippen LogP contribution in [0.5, 0.6) is 0 Å². The molecular weight excluding hydrogens is 536 g/mol. The molecule has 0 saturated heterocycles. The lowest BCUT2D eigenvalue weighted by Gasteiger charge is -2.10. The number of rotatable bonds is 1. The summed E-state index contributed by atoms with van der Waals surface area (Å²) in [6, 6.07) is 34.4. The van der Waals surface area contributed by atoms with Crippen LogP contribution in [0.1, 0.15) is 5.82 Å². The van der Waals surface area contributed by atoms with Gasteiger partial charge in [0.05, 0.1) is 27.6 Å². The lowest BCUT2D eigenvalue weighted by atomic mass is 9.93. The molecule has 0 saturated carbocycles. The zero-order chi connectivity index (χ0) is 28.6. The summed E-state index contributed by atoms with van der Waals surface area (Å²) in [5.41, 5.74) is 3.78. The first-order chi connectivity index (χ1) is 21.1. The number of para-hydroxylation sites is 3. The highest BCUT2D eigenvalue weighted by Crippen LogP contribution is 2.38. The van der Waals surface area contributed by atoms with E-state index in [1.165, 1.54) is 4.52 Å². The maximum Gasteiger partial charge on any atom is 0.318 e. The molecule has 0 radical (unpaired) electrons. The monoisotopic (exact) mass is 556 g/mol. The van der Waals surface area contributed by atoms with Gasteiger partial charge in [-0.05, 0) is 75.6 Å². The molecule has 4 heterocycles. The molecule has 6 aromatic carbocycles. The Morgan fingerprint density at radius 1 is 0.558 bits per heavy atom. The summed E-state index contributed by atoms with van der Waals surface area (Å²) < 4.78 is 11.4. The van der Waals surface area contributed by atoms with Crippen molar-refractivity contribution in [3.63, 3.8) is 0 Å². The fraction of sp³-hybridized carbons (Fsp3) is 0.0278. The summed E-state index contributed by atoms with van der Waals surface area (Å²) in [7, 11) is 0. The molecule has 0 aliphatic rings. The zero-order valence-electron chi connectivity index (χ0n) is 22.8. The molecule has 7 heteroatoms. The fourth-order valence-electron chi connectivity index (χ4n) is 7.17. The third-order valence-corrected chi connectivity index (χ3v) is 8.95. The van der Waals surface area contributed by atoms with Crippen LogP contribution >= 0.6 is 0 Å². The van der Waals surface area contributed by atoms with Crippen LogP contribution in [0.4, 0.5) is 0 Å². The van der Waals surface area contributed by atoms with E-state index in [9.17, 15) is 9.59 Å². The van der Waals surface area contributed by atoms with Gasteiger partial charge in [0.1, 0.15) is 11.3 Å². The molecule has 10 rings (SSSR count). The third-order valence-electron chi connectivity index (χ3n) is 8.95. The Balaban J connectivity index is 1.39. The van der Waals surface area contributed by atoms with E-state index in [2.05, 4.69) is 30.3 Å². The van der Waals surface area contributed by atoms with E-state index < -0.39 is 5.56 Å². The SMILES string of the molecule is Cc1nc2ccccc2n1-c1cccc2c1oc1c(=O)n3c(=O)c4cc5c6ccccc6c6ccccc6c5cc4n3c12. The van der Waals surface area contributed by atoms with Crippen molar-refractivity contribution >= 4 is 76.3 Å². The second kappa shape index (κ2) is 7.66. The van der Waals surface area contributed by atoms with E-state index in [0.717, 1.165) is 60.2 Å². The molecular formula is C36H20N4O3. The van der Waals surface area contributed by atoms with Crippen LogP contribution in [0.15, 0.2) is 117 Å². The fourth-order valence-corrected chi connectivity index (χ4v) is 7.17. The second-order valence-corrected chi connectivity index (χ2v) is 11.2. The second-order valence-electron chi connectivity index (χ2n) is 11.2. The smallest absolute Gasteiger partial charge is 0.318 e. The summed E-state index contributed by atoms with van der Waals surface area (Å²) >= 11 is 0. The van der Waals surface area contributed by atoms with Crippen LogP contribution in [-0.4, -0.2) is 18.6 Å². The van der Waals surface area contributed by atoms with Crippen molar-refractivity contribution in [3.8, 4) is 5.69 Å². The number of hydrogen-bond donors (Lipinski definition) is 0. The van der Waals surface area contributed by atoms with Crippen LogP contribution in [0.2, 0.25) is 0 Å². The maximum absolute atomic E-state index is 13.9. The molecule has 0 amide bonds. The largest absolute Gasteiger partial charge is 0.446 e. The van der Waals surface area contributed by atoms with Gasteiger partial charge in [-0.2, -0.15) is 4.52 Å². The van der Waals surface area contributed by atoms with Gasteiger partial charge in [-0.25, -0.2) is 9.50 Å². The van der Waals surface area contributed by atoms with Crippen LogP contribution < -0.4 is 11.1 Å². The minimum absolute atomic E-state index is 0.159. The Labute approximate surface area is 241 Å². The Hall–Kier alpha value is -5.95. The minimum atomic E-state index is -0.468. The predicted octanol–water partition coefficient (Wildman–Crippen LogP) is 7.36. The van der Waals surface area contributed by atoms with Gasteiger partial charge in [-0.3, -0.25) is 14.2 Å². The summed E-state index contributed by atoms with van der Waals surface area (Å²) in [4.78, 5) is 32.5. The Bertz CT molecular complexity index is 2960. The van der Waals surface area contributed by atoms with Gasteiger partial charge in [0.2, 0.25) is 5.58 Å². The first kappa shape index (κ1) is 22.7. The van der Waals surface area contributed by atoms with Gasteiger partial charge in [0.25, 0.3) is 5.56 Å². The van der Waals surface area contributed by atoms with Gasteiger partial charge in [0.15, 0.2) is 5.58 Å². The average molecular weight is 557 g/mol. The van der Waals surface area contributed by atoms with Gasteiger partial charge in [-0.15, -0.1) is 0 Å². The van der Waals surface area contributed by atoms with E-state index in [-0.39, 0.29) is 11.1 Å². The number of nitrogens with zero attached hydrogens (tertiary/aromatic N) is 4. The molecule has 0 aliphatic heterocycles. The van der Waals surface area contributed by atoms with Gasteiger partial charge < -0.3 is 4.42 Å². The lowest BCUT2D eigenvalue weighted by molar-refractivity contribution is 0.658. The molecule has 0 spiro atoms. The number of fused-ring (bicyclic) bond motifs is 14. The van der Waals surface area contributed by atoms with E-state index in [1.807, 2.05) is 84.3 Å². The molecule has 202 valence electrons. The third kappa shape index (κ3) is 2.67. The van der Waals surface area contributed by atoms with Crippen molar-refractivity contribution in [2.45, 2.75) is 6.92 Å². The molecule has 0 N–H and O–H groups in total. The summed E-state index contributed by atoms with van der Waals surface area (Å²) in [6.07, 6.45) is 0. The lowest BCUT2D eigenvalue weighted by Crippen LogP contribution is -2.21.